The van der Waals surface area contributed by atoms with Crippen molar-refractivity contribution in [2.45, 2.75) is 13.8 Å². The summed E-state index contributed by atoms with van der Waals surface area (Å²) >= 11 is 6.74. The molecule has 0 saturated carbocycles. The van der Waals surface area contributed by atoms with Crippen LogP contribution in [0, 0.1) is 25.2 Å². The number of amides is 1. The number of carbonyl (C=O) groups excluding carboxylic acids is 2. The number of benzene rings is 2. The molecule has 0 spiro atoms. The minimum absolute atomic E-state index is 0.0507. The smallest absolute Gasteiger partial charge is 0.343 e. The monoisotopic (exact) mass is 520 g/mol. The van der Waals surface area contributed by atoms with E-state index in [1.807, 2.05) is 32.0 Å². The Balaban J connectivity index is 2.23. The van der Waals surface area contributed by atoms with Gasteiger partial charge in [-0.3, -0.25) is 4.79 Å². The number of halogens is 2. The molecule has 1 N–H and O–H groups in total. The van der Waals surface area contributed by atoms with Crippen molar-refractivity contribution in [1.29, 1.82) is 5.26 Å². The summed E-state index contributed by atoms with van der Waals surface area (Å²) in [6.45, 7) is 3.69. The lowest BCUT2D eigenvalue weighted by Crippen LogP contribution is -2.14. The van der Waals surface area contributed by atoms with Crippen molar-refractivity contribution in [3.63, 3.8) is 0 Å². The number of nitriles is 1. The van der Waals surface area contributed by atoms with Crippen LogP contribution in [0.2, 0.25) is 0 Å². The highest BCUT2D eigenvalue weighted by atomic mass is 79.9. The number of methoxy groups -OCH3 is 1. The number of ether oxygens (including phenoxy) is 2. The normalized spacial score (nSPS) is 10.8. The van der Waals surface area contributed by atoms with Crippen LogP contribution in [0.3, 0.4) is 0 Å². The fourth-order valence-corrected chi connectivity index (χ4v) is 3.77. The van der Waals surface area contributed by atoms with E-state index in [0.29, 0.717) is 25.9 Å². The summed E-state index contributed by atoms with van der Waals surface area (Å²) in [6.07, 6.45) is 1.47. The van der Waals surface area contributed by atoms with Crippen LogP contribution in [-0.4, -0.2) is 25.6 Å². The number of hydrogen-bond acceptors (Lipinski definition) is 5. The molecule has 0 saturated heterocycles. The van der Waals surface area contributed by atoms with Crippen molar-refractivity contribution < 1.29 is 19.1 Å². The third-order valence-electron chi connectivity index (χ3n) is 4.02. The van der Waals surface area contributed by atoms with Gasteiger partial charge in [0, 0.05) is 5.69 Å². The van der Waals surface area contributed by atoms with Crippen LogP contribution in [0.5, 0.6) is 5.75 Å². The van der Waals surface area contributed by atoms with E-state index in [1.54, 1.807) is 18.2 Å². The lowest BCUT2D eigenvalue weighted by molar-refractivity contribution is -0.142. The summed E-state index contributed by atoms with van der Waals surface area (Å²) < 4.78 is 11.1. The molecule has 0 heterocycles. The van der Waals surface area contributed by atoms with Crippen LogP contribution >= 0.6 is 31.9 Å². The van der Waals surface area contributed by atoms with Crippen molar-refractivity contribution in [2.24, 2.45) is 0 Å². The van der Waals surface area contributed by atoms with Gasteiger partial charge >= 0.3 is 5.97 Å². The van der Waals surface area contributed by atoms with Gasteiger partial charge in [-0.05, 0) is 92.7 Å². The van der Waals surface area contributed by atoms with Gasteiger partial charge in [0.05, 0.1) is 16.1 Å². The first-order chi connectivity index (χ1) is 13.7. The van der Waals surface area contributed by atoms with Crippen molar-refractivity contribution >= 4 is 55.5 Å². The molecular weight excluding hydrogens is 504 g/mol. The summed E-state index contributed by atoms with van der Waals surface area (Å²) in [5.41, 5.74) is 3.32. The maximum Gasteiger partial charge on any atom is 0.343 e. The molecule has 29 heavy (non-hydrogen) atoms. The molecule has 0 aromatic heterocycles. The summed E-state index contributed by atoms with van der Waals surface area (Å²) in [4.78, 5) is 23.7. The van der Waals surface area contributed by atoms with E-state index in [-0.39, 0.29) is 12.2 Å². The minimum atomic E-state index is -0.512. The quantitative estimate of drug-likeness (QED) is 0.331. The minimum Gasteiger partial charge on any atom is -0.480 e. The highest BCUT2D eigenvalue weighted by Crippen LogP contribution is 2.35. The molecule has 0 bridgehead atoms. The first kappa shape index (κ1) is 22.7. The zero-order valence-electron chi connectivity index (χ0n) is 16.0. The largest absolute Gasteiger partial charge is 0.480 e. The molecule has 6 nitrogen and oxygen atoms in total. The Bertz CT molecular complexity index is 1000. The van der Waals surface area contributed by atoms with Gasteiger partial charge in [-0.2, -0.15) is 5.26 Å². The molecule has 0 unspecified atom stereocenters. The Kier molecular flexibility index (Phi) is 8.00. The molecule has 2 rings (SSSR count). The van der Waals surface area contributed by atoms with Gasteiger partial charge < -0.3 is 14.8 Å². The fourth-order valence-electron chi connectivity index (χ4n) is 2.32. The van der Waals surface area contributed by atoms with Crippen LogP contribution < -0.4 is 10.1 Å². The van der Waals surface area contributed by atoms with Gasteiger partial charge in [-0.1, -0.05) is 6.07 Å². The van der Waals surface area contributed by atoms with Gasteiger partial charge in [-0.25, -0.2) is 4.79 Å². The highest BCUT2D eigenvalue weighted by molar-refractivity contribution is 9.11. The predicted molar refractivity (Wildman–Crippen MR) is 117 cm³/mol. The highest BCUT2D eigenvalue weighted by Gasteiger charge is 2.14. The number of esters is 1. The summed E-state index contributed by atoms with van der Waals surface area (Å²) in [7, 11) is 1.27. The van der Waals surface area contributed by atoms with Crippen molar-refractivity contribution in [3.05, 3.63) is 61.5 Å². The first-order valence-corrected chi connectivity index (χ1v) is 10.0. The van der Waals surface area contributed by atoms with Crippen LogP contribution in [0.1, 0.15) is 16.7 Å². The second-order valence-electron chi connectivity index (χ2n) is 6.10. The summed E-state index contributed by atoms with van der Waals surface area (Å²) in [5.74, 6) is -0.609. The Morgan fingerprint density at radius 2 is 1.79 bits per heavy atom. The van der Waals surface area contributed by atoms with E-state index in [4.69, 9.17) is 4.74 Å². The number of rotatable bonds is 6. The van der Waals surface area contributed by atoms with Crippen molar-refractivity contribution in [1.82, 2.24) is 0 Å². The van der Waals surface area contributed by atoms with E-state index in [2.05, 4.69) is 41.9 Å². The van der Waals surface area contributed by atoms with Crippen LogP contribution in [0.25, 0.3) is 6.08 Å². The molecule has 0 atom stereocenters. The fraction of sp³-hybridized carbons (Fsp3) is 0.190. The average molecular weight is 522 g/mol. The maximum absolute atomic E-state index is 12.5. The molecule has 2 aromatic rings. The zero-order valence-corrected chi connectivity index (χ0v) is 19.2. The molecule has 0 aliphatic rings. The molecular formula is C21H18Br2N2O4. The van der Waals surface area contributed by atoms with E-state index in [1.165, 1.54) is 13.2 Å². The third kappa shape index (κ3) is 6.17. The van der Waals surface area contributed by atoms with Gasteiger partial charge in [0.15, 0.2) is 6.61 Å². The van der Waals surface area contributed by atoms with E-state index < -0.39 is 11.9 Å². The number of hydrogen-bond donors (Lipinski definition) is 1. The van der Waals surface area contributed by atoms with Gasteiger partial charge in [0.2, 0.25) is 0 Å². The number of nitrogens with zero attached hydrogens (tertiary/aromatic N) is 1. The predicted octanol–water partition coefficient (Wildman–Crippen LogP) is 4.93. The van der Waals surface area contributed by atoms with Gasteiger partial charge in [0.25, 0.3) is 5.91 Å². The van der Waals surface area contributed by atoms with Crippen LogP contribution in [0.15, 0.2) is 44.9 Å². The number of aryl methyl sites for hydroxylation is 2. The standard InChI is InChI=1S/C21H18Br2N2O4/c1-12-4-5-16(6-13(12)2)25-21(27)15(10-24)7-14-8-17(22)20(18(23)9-14)29-11-19(26)28-3/h4-9H,11H2,1-3H3,(H,25,27)/b15-7+. The second kappa shape index (κ2) is 10.2. The number of carbonyl (C=O) groups is 2. The first-order valence-electron chi connectivity index (χ1n) is 8.44. The molecule has 2 aromatic carbocycles. The van der Waals surface area contributed by atoms with E-state index >= 15 is 0 Å². The van der Waals surface area contributed by atoms with Crippen LogP contribution in [0.4, 0.5) is 5.69 Å². The second-order valence-corrected chi connectivity index (χ2v) is 7.81. The summed E-state index contributed by atoms with van der Waals surface area (Å²) in [5, 5.41) is 12.2. The van der Waals surface area contributed by atoms with Crippen molar-refractivity contribution in [2.75, 3.05) is 19.0 Å². The molecule has 150 valence electrons. The maximum atomic E-state index is 12.5. The topological polar surface area (TPSA) is 88.4 Å². The van der Waals surface area contributed by atoms with E-state index in [9.17, 15) is 14.9 Å². The number of anilines is 1. The zero-order chi connectivity index (χ0) is 21.6. The Morgan fingerprint density at radius 1 is 1.14 bits per heavy atom. The molecule has 0 aliphatic heterocycles. The lowest BCUT2D eigenvalue weighted by Gasteiger charge is -2.11. The lowest BCUT2D eigenvalue weighted by atomic mass is 10.1. The van der Waals surface area contributed by atoms with E-state index in [0.717, 1.165) is 11.1 Å². The molecule has 0 aliphatic carbocycles. The molecule has 8 heteroatoms. The van der Waals surface area contributed by atoms with Crippen LogP contribution in [-0.2, 0) is 14.3 Å². The molecule has 0 fully saturated rings. The third-order valence-corrected chi connectivity index (χ3v) is 5.20. The van der Waals surface area contributed by atoms with Gasteiger partial charge in [0.1, 0.15) is 17.4 Å². The molecule has 0 radical (unpaired) electrons. The SMILES string of the molecule is COC(=O)COc1c(Br)cc(/C=C(\C#N)C(=O)Nc2ccc(C)c(C)c2)cc1Br. The molecule has 1 amide bonds. The number of nitrogens with one attached hydrogen (secondary N) is 1. The summed E-state index contributed by atoms with van der Waals surface area (Å²) in [6, 6.07) is 10.8. The average Bonchev–Trinajstić information content (AvgIpc) is 2.67. The van der Waals surface area contributed by atoms with Crippen molar-refractivity contribution in [3.8, 4) is 11.8 Å². The Hall–Kier alpha value is -2.63. The van der Waals surface area contributed by atoms with Gasteiger partial charge in [-0.15, -0.1) is 0 Å². The Morgan fingerprint density at radius 3 is 2.34 bits per heavy atom. The Labute approximate surface area is 185 Å².